The monoisotopic (exact) mass is 211 g/mol. The molecule has 0 aliphatic rings. The molecule has 0 saturated heterocycles. The fourth-order valence-electron chi connectivity index (χ4n) is 1.04. The van der Waals surface area contributed by atoms with Crippen molar-refractivity contribution in [2.75, 3.05) is 13.6 Å². The van der Waals surface area contributed by atoms with E-state index in [-0.39, 0.29) is 0 Å². The van der Waals surface area contributed by atoms with Crippen LogP contribution in [0.3, 0.4) is 0 Å². The lowest BCUT2D eigenvalue weighted by Crippen LogP contribution is -2.05. The molecule has 14 heavy (non-hydrogen) atoms. The summed E-state index contributed by atoms with van der Waals surface area (Å²) in [5, 5.41) is 13.6. The summed E-state index contributed by atoms with van der Waals surface area (Å²) in [6, 6.07) is 1.63. The summed E-state index contributed by atoms with van der Waals surface area (Å²) >= 11 is 1.45. The highest BCUT2D eigenvalue weighted by atomic mass is 32.1. The molecule has 1 heterocycles. The second-order valence-electron chi connectivity index (χ2n) is 2.80. The van der Waals surface area contributed by atoms with Crippen LogP contribution >= 0.6 is 11.3 Å². The molecule has 0 amide bonds. The van der Waals surface area contributed by atoms with Gasteiger partial charge in [0.15, 0.2) is 0 Å². The number of carboxylic acid groups (broad SMARTS) is 1. The van der Waals surface area contributed by atoms with Crippen LogP contribution < -0.4 is 5.32 Å². The second-order valence-corrected chi connectivity index (χ2v) is 3.75. The number of thiophene rings is 1. The van der Waals surface area contributed by atoms with E-state index < -0.39 is 5.97 Å². The van der Waals surface area contributed by atoms with Gasteiger partial charge in [-0.05, 0) is 37.5 Å². The van der Waals surface area contributed by atoms with E-state index in [1.807, 2.05) is 19.2 Å². The van der Waals surface area contributed by atoms with Crippen LogP contribution in [0, 0.1) is 0 Å². The summed E-state index contributed by atoms with van der Waals surface area (Å²) in [4.78, 5) is 11.5. The standard InChI is InChI=1S/C10H13NO2S/c1-11-6-3-2-4-9-8(10(12)13)5-7-14-9/h2,4-5,7,11H,3,6H2,1H3,(H,12,13). The number of nitrogens with one attached hydrogen (secondary N) is 1. The van der Waals surface area contributed by atoms with Crippen molar-refractivity contribution in [2.45, 2.75) is 6.42 Å². The molecule has 0 unspecified atom stereocenters. The van der Waals surface area contributed by atoms with E-state index >= 15 is 0 Å². The first kappa shape index (κ1) is 10.9. The van der Waals surface area contributed by atoms with E-state index in [0.29, 0.717) is 5.56 Å². The van der Waals surface area contributed by atoms with Crippen LogP contribution in [0.2, 0.25) is 0 Å². The third-order valence-electron chi connectivity index (χ3n) is 1.76. The molecule has 0 radical (unpaired) electrons. The smallest absolute Gasteiger partial charge is 0.337 e. The zero-order valence-electron chi connectivity index (χ0n) is 7.99. The number of carbonyl (C=O) groups is 1. The van der Waals surface area contributed by atoms with Crippen LogP contribution in [0.5, 0.6) is 0 Å². The number of rotatable bonds is 5. The van der Waals surface area contributed by atoms with Crippen LogP contribution in [0.4, 0.5) is 0 Å². The molecule has 0 aliphatic heterocycles. The van der Waals surface area contributed by atoms with E-state index in [1.54, 1.807) is 11.4 Å². The van der Waals surface area contributed by atoms with Gasteiger partial charge in [-0.1, -0.05) is 6.08 Å². The molecule has 2 N–H and O–H groups in total. The van der Waals surface area contributed by atoms with Crippen LogP contribution in [-0.4, -0.2) is 24.7 Å². The third-order valence-corrected chi connectivity index (χ3v) is 2.64. The van der Waals surface area contributed by atoms with Gasteiger partial charge in [0.1, 0.15) is 0 Å². The van der Waals surface area contributed by atoms with Crippen molar-refractivity contribution >= 4 is 23.4 Å². The number of hydrogen-bond acceptors (Lipinski definition) is 3. The predicted octanol–water partition coefficient (Wildman–Crippen LogP) is 2.07. The van der Waals surface area contributed by atoms with Crippen molar-refractivity contribution < 1.29 is 9.90 Å². The zero-order valence-corrected chi connectivity index (χ0v) is 8.80. The lowest BCUT2D eigenvalue weighted by Gasteiger charge is -1.93. The minimum Gasteiger partial charge on any atom is -0.478 e. The molecule has 0 spiro atoms. The largest absolute Gasteiger partial charge is 0.478 e. The Morgan fingerprint density at radius 2 is 2.50 bits per heavy atom. The van der Waals surface area contributed by atoms with E-state index in [0.717, 1.165) is 17.8 Å². The van der Waals surface area contributed by atoms with Crippen molar-refractivity contribution in [1.82, 2.24) is 5.32 Å². The quantitative estimate of drug-likeness (QED) is 0.733. The summed E-state index contributed by atoms with van der Waals surface area (Å²) in [5.41, 5.74) is 0.385. The topological polar surface area (TPSA) is 49.3 Å². The van der Waals surface area contributed by atoms with Gasteiger partial charge in [0.25, 0.3) is 0 Å². The third kappa shape index (κ3) is 2.97. The molecule has 0 aromatic carbocycles. The number of carboxylic acids is 1. The average molecular weight is 211 g/mol. The minimum atomic E-state index is -0.862. The van der Waals surface area contributed by atoms with Gasteiger partial charge in [-0.15, -0.1) is 11.3 Å². The highest BCUT2D eigenvalue weighted by molar-refractivity contribution is 7.11. The maximum Gasteiger partial charge on any atom is 0.337 e. The predicted molar refractivity (Wildman–Crippen MR) is 58.9 cm³/mol. The lowest BCUT2D eigenvalue weighted by molar-refractivity contribution is 0.0697. The molecular weight excluding hydrogens is 198 g/mol. The Hall–Kier alpha value is -1.13. The van der Waals surface area contributed by atoms with Crippen molar-refractivity contribution in [3.8, 4) is 0 Å². The molecule has 4 heteroatoms. The summed E-state index contributed by atoms with van der Waals surface area (Å²) < 4.78 is 0. The highest BCUT2D eigenvalue weighted by Crippen LogP contribution is 2.18. The second kappa shape index (κ2) is 5.57. The van der Waals surface area contributed by atoms with E-state index in [2.05, 4.69) is 5.32 Å². The highest BCUT2D eigenvalue weighted by Gasteiger charge is 2.07. The molecule has 0 fully saturated rings. The molecule has 0 atom stereocenters. The Morgan fingerprint density at radius 3 is 3.14 bits per heavy atom. The van der Waals surface area contributed by atoms with Gasteiger partial charge in [-0.2, -0.15) is 0 Å². The normalized spacial score (nSPS) is 10.9. The summed E-state index contributed by atoms with van der Waals surface area (Å²) in [6.45, 7) is 0.907. The van der Waals surface area contributed by atoms with Crippen molar-refractivity contribution in [3.05, 3.63) is 28.0 Å². The molecule has 1 rings (SSSR count). The van der Waals surface area contributed by atoms with Crippen molar-refractivity contribution in [1.29, 1.82) is 0 Å². The number of aromatic carboxylic acids is 1. The minimum absolute atomic E-state index is 0.385. The summed E-state index contributed by atoms with van der Waals surface area (Å²) in [7, 11) is 1.89. The fourth-order valence-corrected chi connectivity index (χ4v) is 1.85. The lowest BCUT2D eigenvalue weighted by atomic mass is 10.2. The van der Waals surface area contributed by atoms with Gasteiger partial charge >= 0.3 is 5.97 Å². The van der Waals surface area contributed by atoms with E-state index in [4.69, 9.17) is 5.11 Å². The van der Waals surface area contributed by atoms with Crippen LogP contribution in [0.1, 0.15) is 21.7 Å². The van der Waals surface area contributed by atoms with Crippen molar-refractivity contribution in [3.63, 3.8) is 0 Å². The fraction of sp³-hybridized carbons (Fsp3) is 0.300. The average Bonchev–Trinajstić information content (AvgIpc) is 2.60. The first-order valence-electron chi connectivity index (χ1n) is 4.37. The van der Waals surface area contributed by atoms with Crippen LogP contribution in [0.25, 0.3) is 6.08 Å². The van der Waals surface area contributed by atoms with E-state index in [9.17, 15) is 4.79 Å². The molecule has 1 aromatic rings. The van der Waals surface area contributed by atoms with Crippen molar-refractivity contribution in [2.24, 2.45) is 0 Å². The van der Waals surface area contributed by atoms with Gasteiger partial charge in [0, 0.05) is 4.88 Å². The van der Waals surface area contributed by atoms with Crippen LogP contribution in [-0.2, 0) is 0 Å². The first-order valence-corrected chi connectivity index (χ1v) is 5.25. The van der Waals surface area contributed by atoms with Gasteiger partial charge in [0.2, 0.25) is 0 Å². The Kier molecular flexibility index (Phi) is 4.35. The van der Waals surface area contributed by atoms with Crippen LogP contribution in [0.15, 0.2) is 17.5 Å². The molecule has 0 aliphatic carbocycles. The SMILES string of the molecule is CNCCC=Cc1sccc1C(=O)O. The van der Waals surface area contributed by atoms with Gasteiger partial charge < -0.3 is 10.4 Å². The molecular formula is C10H13NO2S. The maximum atomic E-state index is 10.7. The molecule has 0 bridgehead atoms. The molecule has 3 nitrogen and oxygen atoms in total. The summed E-state index contributed by atoms with van der Waals surface area (Å²) in [5.74, 6) is -0.862. The Bertz CT molecular complexity index is 331. The zero-order chi connectivity index (χ0) is 10.4. The first-order chi connectivity index (χ1) is 6.75. The van der Waals surface area contributed by atoms with E-state index in [1.165, 1.54) is 11.3 Å². The van der Waals surface area contributed by atoms with Gasteiger partial charge in [-0.3, -0.25) is 0 Å². The summed E-state index contributed by atoms with van der Waals surface area (Å²) in [6.07, 6.45) is 4.76. The number of hydrogen-bond donors (Lipinski definition) is 2. The Morgan fingerprint density at radius 1 is 1.71 bits per heavy atom. The Labute approximate surface area is 87.1 Å². The molecule has 0 saturated carbocycles. The van der Waals surface area contributed by atoms with Gasteiger partial charge in [-0.25, -0.2) is 4.79 Å². The Balaban J connectivity index is 2.62. The van der Waals surface area contributed by atoms with Gasteiger partial charge in [0.05, 0.1) is 5.56 Å². The molecule has 1 aromatic heterocycles. The molecule has 76 valence electrons. The maximum absolute atomic E-state index is 10.7.